The maximum absolute atomic E-state index is 12.7. The Labute approximate surface area is 175 Å². The summed E-state index contributed by atoms with van der Waals surface area (Å²) in [4.78, 5) is 0. The molecule has 1 N–H and O–H groups in total. The van der Waals surface area contributed by atoms with E-state index < -0.39 is 5.60 Å². The molecule has 0 heterocycles. The van der Waals surface area contributed by atoms with Gasteiger partial charge in [0.2, 0.25) is 0 Å². The fourth-order valence-electron chi connectivity index (χ4n) is 5.98. The lowest BCUT2D eigenvalue weighted by atomic mass is 9.58. The van der Waals surface area contributed by atoms with Crippen LogP contribution in [0.2, 0.25) is 0 Å². The highest BCUT2D eigenvalue weighted by Crippen LogP contribution is 2.61. The monoisotopic (exact) mass is 384 g/mol. The quantitative estimate of drug-likeness (QED) is 0.552. The van der Waals surface area contributed by atoms with Crippen molar-refractivity contribution in [1.29, 1.82) is 0 Å². The molecule has 0 atom stereocenters. The predicted molar refractivity (Wildman–Crippen MR) is 121 cm³/mol. The molecular weight excluding hydrogens is 352 g/mol. The molecule has 0 aromatic heterocycles. The maximum atomic E-state index is 12.7. The summed E-state index contributed by atoms with van der Waals surface area (Å²) in [5.41, 5.74) is 5.53. The first-order chi connectivity index (χ1) is 13.6. The smallest absolute Gasteiger partial charge is 0.119 e. The SMILES string of the molecule is Cc1ccc(C(O)(c2ccc(C)cc2)C2C(C)(C)c3ccccc3C2(C)C)cc1. The van der Waals surface area contributed by atoms with Crippen LogP contribution in [0, 0.1) is 19.8 Å². The van der Waals surface area contributed by atoms with Crippen molar-refractivity contribution in [2.75, 3.05) is 0 Å². The van der Waals surface area contributed by atoms with Crippen molar-refractivity contribution in [3.05, 3.63) is 106 Å². The second-order valence-electron chi connectivity index (χ2n) is 9.92. The summed E-state index contributed by atoms with van der Waals surface area (Å²) < 4.78 is 0. The minimum absolute atomic E-state index is 0.0229. The summed E-state index contributed by atoms with van der Waals surface area (Å²) in [5, 5.41) is 12.7. The molecule has 0 bridgehead atoms. The van der Waals surface area contributed by atoms with Crippen molar-refractivity contribution >= 4 is 0 Å². The lowest BCUT2D eigenvalue weighted by molar-refractivity contribution is -0.0396. The number of rotatable bonds is 3. The van der Waals surface area contributed by atoms with Crippen molar-refractivity contribution < 1.29 is 5.11 Å². The van der Waals surface area contributed by atoms with Crippen LogP contribution in [0.3, 0.4) is 0 Å². The largest absolute Gasteiger partial charge is 0.380 e. The van der Waals surface area contributed by atoms with Crippen molar-refractivity contribution in [1.82, 2.24) is 0 Å². The van der Waals surface area contributed by atoms with Gasteiger partial charge in [-0.25, -0.2) is 0 Å². The van der Waals surface area contributed by atoms with Gasteiger partial charge in [-0.3, -0.25) is 0 Å². The van der Waals surface area contributed by atoms with Gasteiger partial charge in [-0.1, -0.05) is 112 Å². The average Bonchev–Trinajstić information content (AvgIpc) is 2.85. The van der Waals surface area contributed by atoms with E-state index in [1.165, 1.54) is 22.3 Å². The van der Waals surface area contributed by atoms with Crippen LogP contribution in [0.25, 0.3) is 0 Å². The van der Waals surface area contributed by atoms with Crippen LogP contribution in [0.4, 0.5) is 0 Å². The average molecular weight is 385 g/mol. The minimum Gasteiger partial charge on any atom is -0.380 e. The molecule has 0 radical (unpaired) electrons. The van der Waals surface area contributed by atoms with Crippen LogP contribution in [0.5, 0.6) is 0 Å². The molecule has 1 heteroatoms. The van der Waals surface area contributed by atoms with E-state index in [2.05, 4.69) is 114 Å². The van der Waals surface area contributed by atoms with Gasteiger partial charge in [0.1, 0.15) is 5.60 Å². The molecule has 4 rings (SSSR count). The van der Waals surface area contributed by atoms with E-state index in [0.717, 1.165) is 11.1 Å². The minimum atomic E-state index is -1.10. The summed E-state index contributed by atoms with van der Waals surface area (Å²) in [6, 6.07) is 25.6. The van der Waals surface area contributed by atoms with Gasteiger partial charge < -0.3 is 5.11 Å². The molecule has 0 saturated carbocycles. The lowest BCUT2D eigenvalue weighted by Crippen LogP contribution is -2.50. The molecule has 0 aliphatic heterocycles. The van der Waals surface area contributed by atoms with Crippen LogP contribution in [-0.4, -0.2) is 5.11 Å². The molecule has 0 amide bonds. The highest BCUT2D eigenvalue weighted by Gasteiger charge is 2.60. The third-order valence-corrected chi connectivity index (χ3v) is 7.16. The van der Waals surface area contributed by atoms with Gasteiger partial charge in [0.15, 0.2) is 0 Å². The molecule has 3 aromatic carbocycles. The number of hydrogen-bond acceptors (Lipinski definition) is 1. The summed E-state index contributed by atoms with van der Waals surface area (Å²) in [6.07, 6.45) is 0. The third-order valence-electron chi connectivity index (χ3n) is 7.16. The molecule has 1 aliphatic rings. The molecule has 0 fully saturated rings. The Balaban J connectivity index is 2.02. The molecular formula is C28H32O. The van der Waals surface area contributed by atoms with Crippen LogP contribution in [0.15, 0.2) is 72.8 Å². The molecule has 0 saturated heterocycles. The van der Waals surface area contributed by atoms with E-state index >= 15 is 0 Å². The van der Waals surface area contributed by atoms with E-state index in [1.807, 2.05) is 0 Å². The van der Waals surface area contributed by atoms with Crippen molar-refractivity contribution in [2.45, 2.75) is 58.0 Å². The van der Waals surface area contributed by atoms with Crippen molar-refractivity contribution in [3.63, 3.8) is 0 Å². The van der Waals surface area contributed by atoms with E-state index in [4.69, 9.17) is 0 Å². The topological polar surface area (TPSA) is 20.2 Å². The standard InChI is InChI=1S/C28H32O/c1-19-11-15-21(16-12-19)28(29,22-17-13-20(2)14-18-22)25-26(3,4)23-9-7-8-10-24(23)27(25,5)6/h7-18,25,29H,1-6H3. The van der Waals surface area contributed by atoms with Gasteiger partial charge in [-0.2, -0.15) is 0 Å². The number of benzene rings is 3. The maximum Gasteiger partial charge on any atom is 0.119 e. The van der Waals surface area contributed by atoms with E-state index in [0.29, 0.717) is 0 Å². The van der Waals surface area contributed by atoms with Crippen molar-refractivity contribution in [2.24, 2.45) is 5.92 Å². The Morgan fingerprint density at radius 3 is 1.31 bits per heavy atom. The summed E-state index contributed by atoms with van der Waals surface area (Å²) in [6.45, 7) is 13.3. The van der Waals surface area contributed by atoms with E-state index in [9.17, 15) is 5.11 Å². The summed E-state index contributed by atoms with van der Waals surface area (Å²) in [7, 11) is 0. The Kier molecular flexibility index (Phi) is 4.51. The number of aryl methyl sites for hydroxylation is 2. The summed E-state index contributed by atoms with van der Waals surface area (Å²) in [5.74, 6) is -0.0229. The molecule has 0 spiro atoms. The van der Waals surface area contributed by atoms with E-state index in [1.54, 1.807) is 0 Å². The van der Waals surface area contributed by atoms with Crippen LogP contribution in [0.1, 0.15) is 61.1 Å². The zero-order chi connectivity index (χ0) is 21.0. The molecule has 0 unspecified atom stereocenters. The highest BCUT2D eigenvalue weighted by atomic mass is 16.3. The molecule has 29 heavy (non-hydrogen) atoms. The van der Waals surface area contributed by atoms with Gasteiger partial charge in [0.05, 0.1) is 0 Å². The van der Waals surface area contributed by atoms with Crippen LogP contribution in [-0.2, 0) is 16.4 Å². The van der Waals surface area contributed by atoms with Gasteiger partial charge in [0, 0.05) is 5.92 Å². The second kappa shape index (κ2) is 6.57. The van der Waals surface area contributed by atoms with Crippen LogP contribution >= 0.6 is 0 Å². The first kappa shape index (κ1) is 19.9. The normalized spacial score (nSPS) is 17.9. The van der Waals surface area contributed by atoms with Gasteiger partial charge in [-0.05, 0) is 46.9 Å². The molecule has 3 aromatic rings. The van der Waals surface area contributed by atoms with Crippen LogP contribution < -0.4 is 0 Å². The first-order valence-corrected chi connectivity index (χ1v) is 10.6. The number of hydrogen-bond donors (Lipinski definition) is 1. The third kappa shape index (κ3) is 2.87. The highest BCUT2D eigenvalue weighted by molar-refractivity contribution is 5.52. The number of fused-ring (bicyclic) bond motifs is 1. The molecule has 1 aliphatic carbocycles. The Morgan fingerprint density at radius 2 is 0.966 bits per heavy atom. The van der Waals surface area contributed by atoms with Gasteiger partial charge in [0.25, 0.3) is 0 Å². The fourth-order valence-corrected chi connectivity index (χ4v) is 5.98. The zero-order valence-electron chi connectivity index (χ0n) is 18.5. The first-order valence-electron chi connectivity index (χ1n) is 10.6. The molecule has 1 nitrogen and oxygen atoms in total. The fraction of sp³-hybridized carbons (Fsp3) is 0.357. The zero-order valence-corrected chi connectivity index (χ0v) is 18.5. The van der Waals surface area contributed by atoms with Gasteiger partial charge in [-0.15, -0.1) is 0 Å². The predicted octanol–water partition coefficient (Wildman–Crippen LogP) is 6.42. The van der Waals surface area contributed by atoms with E-state index in [-0.39, 0.29) is 16.7 Å². The lowest BCUT2D eigenvalue weighted by Gasteiger charge is -2.48. The number of aliphatic hydroxyl groups is 1. The van der Waals surface area contributed by atoms with Crippen molar-refractivity contribution in [3.8, 4) is 0 Å². The second-order valence-corrected chi connectivity index (χ2v) is 9.92. The summed E-state index contributed by atoms with van der Waals surface area (Å²) >= 11 is 0. The van der Waals surface area contributed by atoms with Gasteiger partial charge >= 0.3 is 0 Å². The Bertz CT molecular complexity index is 942. The Morgan fingerprint density at radius 1 is 0.621 bits per heavy atom. The Hall–Kier alpha value is -2.38. The molecule has 150 valence electrons.